The molecule has 16 nitrogen and oxygen atoms in total. The second-order valence-electron chi connectivity index (χ2n) is 13.0. The fourth-order valence-electron chi connectivity index (χ4n) is 5.99. The second-order valence-corrected chi connectivity index (χ2v) is 17.2. The van der Waals surface area contributed by atoms with E-state index in [2.05, 4.69) is 19.6 Å². The molecule has 1 aliphatic heterocycles. The highest BCUT2D eigenvalue weighted by atomic mass is 35.5. The summed E-state index contributed by atoms with van der Waals surface area (Å²) in [6, 6.07) is 21.7. The van der Waals surface area contributed by atoms with Gasteiger partial charge in [0.1, 0.15) is 15.5 Å². The van der Waals surface area contributed by atoms with E-state index in [1.807, 2.05) is 4.90 Å². The molecule has 7 rings (SSSR count). The maximum Gasteiger partial charge on any atom is 0.337 e. The Morgan fingerprint density at radius 3 is 1.67 bits per heavy atom. The first kappa shape index (κ1) is 39.3. The predicted octanol–water partition coefficient (Wildman–Crippen LogP) is 5.87. The molecule has 0 saturated carbocycles. The van der Waals surface area contributed by atoms with Crippen molar-refractivity contribution in [2.45, 2.75) is 16.3 Å². The number of carboxylic acids is 2. The van der Waals surface area contributed by atoms with Crippen LogP contribution in [0.3, 0.4) is 0 Å². The van der Waals surface area contributed by atoms with Gasteiger partial charge in [0.2, 0.25) is 0 Å². The Labute approximate surface area is 335 Å². The van der Waals surface area contributed by atoms with Crippen LogP contribution in [-0.4, -0.2) is 83.1 Å². The number of likely N-dealkylation sites (tertiary alicyclic amines) is 1. The number of halogens is 2. The highest BCUT2D eigenvalue weighted by molar-refractivity contribution is 7.93. The lowest BCUT2D eigenvalue weighted by Crippen LogP contribution is -2.48. The molecule has 2 aromatic heterocycles. The molecule has 57 heavy (non-hydrogen) atoms. The average molecular weight is 853 g/mol. The van der Waals surface area contributed by atoms with Crippen molar-refractivity contribution >= 4 is 66.6 Å². The van der Waals surface area contributed by atoms with E-state index in [1.165, 1.54) is 52.1 Å². The number of nitrogens with zero attached hydrogens (tertiary/aromatic N) is 5. The number of aromatic nitrogens is 4. The van der Waals surface area contributed by atoms with Crippen LogP contribution in [0, 0.1) is 5.92 Å². The maximum atomic E-state index is 13.2. The number of nitrogens with one attached hydrogen (secondary N) is 2. The number of aromatic carboxylic acids is 2. The van der Waals surface area contributed by atoms with Crippen molar-refractivity contribution in [3.8, 4) is 17.1 Å². The lowest BCUT2D eigenvalue weighted by Gasteiger charge is -2.39. The monoisotopic (exact) mass is 851 g/mol. The van der Waals surface area contributed by atoms with Crippen LogP contribution in [0.1, 0.15) is 26.3 Å². The van der Waals surface area contributed by atoms with Gasteiger partial charge in [-0.1, -0.05) is 29.3 Å². The first-order valence-corrected chi connectivity index (χ1v) is 20.6. The van der Waals surface area contributed by atoms with Crippen molar-refractivity contribution in [1.82, 2.24) is 24.5 Å². The molecule has 294 valence electrons. The van der Waals surface area contributed by atoms with E-state index in [-0.39, 0.29) is 50.6 Å². The lowest BCUT2D eigenvalue weighted by molar-refractivity contribution is 0.0555. The molecule has 0 amide bonds. The van der Waals surface area contributed by atoms with E-state index in [9.17, 15) is 36.6 Å². The van der Waals surface area contributed by atoms with Gasteiger partial charge in [0.15, 0.2) is 0 Å². The smallest absolute Gasteiger partial charge is 0.337 e. The molecule has 20 heteroatoms. The first-order chi connectivity index (χ1) is 27.1. The van der Waals surface area contributed by atoms with Crippen molar-refractivity contribution in [1.29, 1.82) is 0 Å². The van der Waals surface area contributed by atoms with Crippen LogP contribution in [0.15, 0.2) is 120 Å². The summed E-state index contributed by atoms with van der Waals surface area (Å²) < 4.78 is 65.8. The third kappa shape index (κ3) is 9.05. The average Bonchev–Trinajstić information content (AvgIpc) is 3.86. The van der Waals surface area contributed by atoms with Crippen molar-refractivity contribution in [2.24, 2.45) is 5.92 Å². The minimum Gasteiger partial charge on any atom is -0.493 e. The van der Waals surface area contributed by atoms with Crippen LogP contribution >= 0.6 is 23.2 Å². The third-order valence-corrected chi connectivity index (χ3v) is 12.0. The fraction of sp³-hybridized carbons (Fsp3) is 0.135. The summed E-state index contributed by atoms with van der Waals surface area (Å²) in [7, 11) is -8.39. The van der Waals surface area contributed by atoms with E-state index in [0.717, 1.165) is 12.4 Å². The maximum absolute atomic E-state index is 13.2. The number of benzene rings is 4. The van der Waals surface area contributed by atoms with E-state index >= 15 is 0 Å². The molecule has 1 aliphatic rings. The van der Waals surface area contributed by atoms with Gasteiger partial charge in [0.05, 0.1) is 65.3 Å². The molecule has 4 N–H and O–H groups in total. The van der Waals surface area contributed by atoms with Crippen LogP contribution in [0.5, 0.6) is 5.75 Å². The summed E-state index contributed by atoms with van der Waals surface area (Å²) in [5, 5.41) is 29.0. The van der Waals surface area contributed by atoms with Gasteiger partial charge in [-0.15, -0.1) is 0 Å². The molecule has 1 saturated heterocycles. The highest BCUT2D eigenvalue weighted by Gasteiger charge is 2.29. The largest absolute Gasteiger partial charge is 0.493 e. The van der Waals surface area contributed by atoms with Gasteiger partial charge in [0, 0.05) is 35.6 Å². The number of anilines is 2. The molecule has 0 aliphatic carbocycles. The van der Waals surface area contributed by atoms with E-state index in [4.69, 9.17) is 27.9 Å². The topological polar surface area (TPSA) is 215 Å². The van der Waals surface area contributed by atoms with Crippen LogP contribution in [0.4, 0.5) is 11.4 Å². The molecule has 0 atom stereocenters. The summed E-state index contributed by atoms with van der Waals surface area (Å²) in [6.45, 7) is 1.79. The summed E-state index contributed by atoms with van der Waals surface area (Å²) in [4.78, 5) is 26.0. The van der Waals surface area contributed by atoms with Gasteiger partial charge in [-0.05, 0) is 84.4 Å². The minimum absolute atomic E-state index is 0.0625. The number of carboxylic acid groups (broad SMARTS) is 2. The van der Waals surface area contributed by atoms with Gasteiger partial charge in [-0.2, -0.15) is 10.2 Å². The van der Waals surface area contributed by atoms with Crippen LogP contribution < -0.4 is 14.2 Å². The lowest BCUT2D eigenvalue weighted by atomic mass is 9.99. The molecule has 6 aromatic rings. The summed E-state index contributed by atoms with van der Waals surface area (Å²) in [6.07, 6.45) is 4.89. The van der Waals surface area contributed by atoms with Gasteiger partial charge < -0.3 is 14.9 Å². The number of hydrogen-bond donors (Lipinski definition) is 4. The molecular weight excluding hydrogens is 821 g/mol. The molecule has 0 unspecified atom stereocenters. The molecule has 0 radical (unpaired) electrons. The molecule has 0 spiro atoms. The zero-order valence-electron chi connectivity index (χ0n) is 29.4. The Morgan fingerprint density at radius 1 is 0.702 bits per heavy atom. The summed E-state index contributed by atoms with van der Waals surface area (Å²) in [5.41, 5.74) is 0.994. The van der Waals surface area contributed by atoms with E-state index < -0.39 is 32.0 Å². The van der Waals surface area contributed by atoms with Crippen LogP contribution in [0.2, 0.25) is 10.0 Å². The van der Waals surface area contributed by atoms with Crippen molar-refractivity contribution in [2.75, 3.05) is 29.1 Å². The van der Waals surface area contributed by atoms with Gasteiger partial charge in [-0.3, -0.25) is 14.3 Å². The minimum atomic E-state index is -4.21. The molecule has 1 fully saturated rings. The first-order valence-electron chi connectivity index (χ1n) is 16.9. The quantitative estimate of drug-likeness (QED) is 0.0954. The fourth-order valence-corrected chi connectivity index (χ4v) is 8.26. The van der Waals surface area contributed by atoms with Crippen LogP contribution in [-0.2, 0) is 26.6 Å². The Hall–Kier alpha value is -5.92. The molecule has 0 bridgehead atoms. The number of ether oxygens (including phenoxy) is 1. The zero-order valence-corrected chi connectivity index (χ0v) is 32.5. The summed E-state index contributed by atoms with van der Waals surface area (Å²) >= 11 is 11.9. The second kappa shape index (κ2) is 15.9. The number of rotatable bonds is 15. The Morgan fingerprint density at radius 2 is 1.18 bits per heavy atom. The number of hydrogen-bond acceptors (Lipinski definition) is 10. The van der Waals surface area contributed by atoms with Crippen molar-refractivity contribution < 1.29 is 41.4 Å². The van der Waals surface area contributed by atoms with Gasteiger partial charge >= 0.3 is 11.9 Å². The zero-order chi connectivity index (χ0) is 40.5. The Bertz CT molecular complexity index is 2700. The normalized spacial score (nSPS) is 13.5. The van der Waals surface area contributed by atoms with Crippen LogP contribution in [0.25, 0.3) is 11.4 Å². The third-order valence-electron chi connectivity index (χ3n) is 8.87. The van der Waals surface area contributed by atoms with E-state index in [1.54, 1.807) is 54.6 Å². The van der Waals surface area contributed by atoms with Crippen molar-refractivity contribution in [3.05, 3.63) is 136 Å². The number of carbonyl (C=O) groups is 2. The molecular formula is C37H31Cl2N7O9S2. The highest BCUT2D eigenvalue weighted by Crippen LogP contribution is 2.29. The number of sulfonamides is 2. The van der Waals surface area contributed by atoms with Gasteiger partial charge in [0.25, 0.3) is 20.0 Å². The SMILES string of the molecule is O=C(O)c1cc(CN2CC(COc3ccc(NS(=O)(=O)c4cnn(-c5ccc(Cl)cc5)c4)c(C(=O)O)c3)C2)ccc1NS(=O)(=O)c1cnn(-c2ccc(Cl)cc2)c1. The molecule has 3 heterocycles. The standard InChI is InChI=1S/C37H31Cl2N7O9S2/c38-25-2-6-27(7-3-25)45-20-30(15-40-45)56(51,52)42-34-11-1-23(13-32(34)36(47)48)17-44-18-24(19-44)22-55-29-10-12-35(33(14-29)37(49)50)43-57(53,54)31-16-41-46(21-31)28-8-4-26(39)5-9-28/h1-16,20-21,24,42-43H,17-19,22H2,(H,47,48)(H,49,50). The Balaban J connectivity index is 0.934. The molecule has 4 aromatic carbocycles. The van der Waals surface area contributed by atoms with Gasteiger partial charge in [-0.25, -0.2) is 35.8 Å². The van der Waals surface area contributed by atoms with E-state index in [0.29, 0.717) is 46.6 Å². The van der Waals surface area contributed by atoms with Crippen molar-refractivity contribution in [3.63, 3.8) is 0 Å². The summed E-state index contributed by atoms with van der Waals surface area (Å²) in [5.74, 6) is -2.39. The predicted molar refractivity (Wildman–Crippen MR) is 210 cm³/mol. The Kier molecular flexibility index (Phi) is 11.0.